The fraction of sp³-hybridized carbons (Fsp3) is 0.348. The fourth-order valence-corrected chi connectivity index (χ4v) is 4.05. The molecule has 1 aliphatic carbocycles. The van der Waals surface area contributed by atoms with Crippen molar-refractivity contribution < 1.29 is 31.1 Å². The summed E-state index contributed by atoms with van der Waals surface area (Å²) in [5, 5.41) is 4.62. The summed E-state index contributed by atoms with van der Waals surface area (Å²) in [4.78, 5) is 12.6. The smallest absolute Gasteiger partial charge is 0.334 e. The van der Waals surface area contributed by atoms with E-state index < -0.39 is 36.4 Å². The van der Waals surface area contributed by atoms with E-state index in [1.54, 1.807) is 6.92 Å². The molecular weight excluding hydrogens is 541 g/mol. The third kappa shape index (κ3) is 7.29. The summed E-state index contributed by atoms with van der Waals surface area (Å²) in [7, 11) is 0. The lowest BCUT2D eigenvalue weighted by Crippen LogP contribution is -2.50. The molecule has 2 N–H and O–H groups in total. The number of amides is 1. The van der Waals surface area contributed by atoms with Gasteiger partial charge in [0.2, 0.25) is 0 Å². The molecule has 2 aromatic rings. The lowest BCUT2D eigenvalue weighted by atomic mass is 9.96. The molecule has 3 nitrogen and oxygen atoms in total. The molecule has 1 fully saturated rings. The zero-order valence-corrected chi connectivity index (χ0v) is 20.3. The van der Waals surface area contributed by atoms with Gasteiger partial charge in [-0.05, 0) is 54.7 Å². The van der Waals surface area contributed by atoms with Crippen molar-refractivity contribution in [2.75, 3.05) is 6.54 Å². The van der Waals surface area contributed by atoms with Gasteiger partial charge in [-0.3, -0.25) is 10.1 Å². The van der Waals surface area contributed by atoms with E-state index in [2.05, 4.69) is 10.6 Å². The number of aryl methyl sites for hydroxylation is 1. The standard InChI is InChI=1S/C23H19Cl3F6N2O/c1-12-8-13(2-4-15(12)20(35)34-21(6-7-21)33-11-22(27,28)29)3-5-16(23(30,31)32)14-9-17(24)19(26)18(25)10-14/h2-5,8-10,16,33H,6-7,11H2,1H3,(H,34,35)/b5-3+. The van der Waals surface area contributed by atoms with E-state index in [0.29, 0.717) is 24.0 Å². The molecule has 3 rings (SSSR count). The summed E-state index contributed by atoms with van der Waals surface area (Å²) >= 11 is 17.6. The number of benzene rings is 2. The first kappa shape index (κ1) is 27.6. The molecule has 190 valence electrons. The van der Waals surface area contributed by atoms with Crippen LogP contribution in [0.5, 0.6) is 0 Å². The van der Waals surface area contributed by atoms with Gasteiger partial charge < -0.3 is 5.32 Å². The summed E-state index contributed by atoms with van der Waals surface area (Å²) < 4.78 is 78.6. The van der Waals surface area contributed by atoms with Crippen molar-refractivity contribution in [3.63, 3.8) is 0 Å². The Morgan fingerprint density at radius 2 is 1.66 bits per heavy atom. The largest absolute Gasteiger partial charge is 0.401 e. The van der Waals surface area contributed by atoms with Gasteiger partial charge in [0, 0.05) is 5.56 Å². The van der Waals surface area contributed by atoms with Gasteiger partial charge in [0.1, 0.15) is 0 Å². The second-order valence-electron chi connectivity index (χ2n) is 8.26. The Morgan fingerprint density at radius 3 is 2.14 bits per heavy atom. The molecule has 0 aromatic heterocycles. The highest BCUT2D eigenvalue weighted by Gasteiger charge is 2.46. The zero-order chi connectivity index (χ0) is 26.2. The summed E-state index contributed by atoms with van der Waals surface area (Å²) in [6, 6.07) is 6.54. The summed E-state index contributed by atoms with van der Waals surface area (Å²) in [6.07, 6.45) is -6.17. The third-order valence-corrected chi connectivity index (χ3v) is 6.62. The number of alkyl halides is 6. The van der Waals surface area contributed by atoms with Gasteiger partial charge in [-0.1, -0.05) is 59.1 Å². The van der Waals surface area contributed by atoms with Crippen LogP contribution in [-0.4, -0.2) is 30.5 Å². The highest BCUT2D eigenvalue weighted by atomic mass is 35.5. The van der Waals surface area contributed by atoms with Crippen LogP contribution >= 0.6 is 34.8 Å². The van der Waals surface area contributed by atoms with E-state index >= 15 is 0 Å². The topological polar surface area (TPSA) is 41.1 Å². The van der Waals surface area contributed by atoms with Gasteiger partial charge in [-0.15, -0.1) is 0 Å². The van der Waals surface area contributed by atoms with Crippen molar-refractivity contribution in [1.82, 2.24) is 10.6 Å². The number of carbonyl (C=O) groups is 1. The molecule has 0 aliphatic heterocycles. The van der Waals surface area contributed by atoms with Crippen LogP contribution in [0.1, 0.15) is 45.8 Å². The Balaban J connectivity index is 1.77. The maximum atomic E-state index is 13.7. The second kappa shape index (κ2) is 10.2. The zero-order valence-electron chi connectivity index (χ0n) is 18.1. The molecule has 0 radical (unpaired) electrons. The maximum absolute atomic E-state index is 13.7. The first-order valence-corrected chi connectivity index (χ1v) is 11.4. The minimum absolute atomic E-state index is 0.0481. The van der Waals surface area contributed by atoms with E-state index in [1.807, 2.05) is 0 Å². The highest BCUT2D eigenvalue weighted by Crippen LogP contribution is 2.41. The van der Waals surface area contributed by atoms with Crippen molar-refractivity contribution in [1.29, 1.82) is 0 Å². The van der Waals surface area contributed by atoms with Gasteiger partial charge in [0.05, 0.1) is 33.2 Å². The lowest BCUT2D eigenvalue weighted by Gasteiger charge is -2.21. The molecule has 0 spiro atoms. The molecule has 35 heavy (non-hydrogen) atoms. The molecule has 1 saturated carbocycles. The molecule has 1 atom stereocenters. The van der Waals surface area contributed by atoms with Crippen LogP contribution in [-0.2, 0) is 0 Å². The van der Waals surface area contributed by atoms with Crippen LogP contribution in [0, 0.1) is 6.92 Å². The van der Waals surface area contributed by atoms with Crippen molar-refractivity contribution in [3.8, 4) is 0 Å². The molecular formula is C23H19Cl3F6N2O. The number of hydrogen-bond donors (Lipinski definition) is 2. The Kier molecular flexibility index (Phi) is 8.06. The number of nitrogens with one attached hydrogen (secondary N) is 2. The van der Waals surface area contributed by atoms with Gasteiger partial charge in [0.15, 0.2) is 0 Å². The number of hydrogen-bond acceptors (Lipinski definition) is 2. The number of halogens is 9. The van der Waals surface area contributed by atoms with Crippen molar-refractivity contribution in [2.45, 2.75) is 43.7 Å². The Hall–Kier alpha value is -1.94. The number of rotatable bonds is 7. The molecule has 1 unspecified atom stereocenters. The Bertz CT molecular complexity index is 1120. The van der Waals surface area contributed by atoms with Gasteiger partial charge >= 0.3 is 12.4 Å². The van der Waals surface area contributed by atoms with E-state index in [9.17, 15) is 31.1 Å². The van der Waals surface area contributed by atoms with Crippen molar-refractivity contribution in [3.05, 3.63) is 73.7 Å². The van der Waals surface area contributed by atoms with E-state index in [1.165, 1.54) is 24.3 Å². The summed E-state index contributed by atoms with van der Waals surface area (Å²) in [5.74, 6) is -2.60. The lowest BCUT2D eigenvalue weighted by molar-refractivity contribution is -0.139. The number of allylic oxidation sites excluding steroid dienone is 1. The molecule has 0 bridgehead atoms. The van der Waals surface area contributed by atoms with E-state index in [0.717, 1.165) is 18.2 Å². The average Bonchev–Trinajstić information content (AvgIpc) is 3.49. The van der Waals surface area contributed by atoms with Gasteiger partial charge in [-0.2, -0.15) is 26.3 Å². The predicted octanol–water partition coefficient (Wildman–Crippen LogP) is 7.69. The fourth-order valence-electron chi connectivity index (χ4n) is 3.44. The molecule has 1 aliphatic rings. The molecule has 0 saturated heterocycles. The molecule has 12 heteroatoms. The van der Waals surface area contributed by atoms with Gasteiger partial charge in [0.25, 0.3) is 5.91 Å². The second-order valence-corrected chi connectivity index (χ2v) is 9.45. The van der Waals surface area contributed by atoms with E-state index in [4.69, 9.17) is 34.8 Å². The van der Waals surface area contributed by atoms with Gasteiger partial charge in [-0.25, -0.2) is 0 Å². The minimum atomic E-state index is -4.64. The van der Waals surface area contributed by atoms with Crippen LogP contribution < -0.4 is 10.6 Å². The SMILES string of the molecule is Cc1cc(/C=C/C(c2cc(Cl)c(Cl)c(Cl)c2)C(F)(F)F)ccc1C(=O)NC1(NCC(F)(F)F)CC1. The Labute approximate surface area is 212 Å². The molecule has 2 aromatic carbocycles. The Morgan fingerprint density at radius 1 is 1.06 bits per heavy atom. The first-order valence-electron chi connectivity index (χ1n) is 10.2. The molecule has 1 amide bonds. The minimum Gasteiger partial charge on any atom is -0.334 e. The monoisotopic (exact) mass is 558 g/mol. The third-order valence-electron chi connectivity index (χ3n) is 5.42. The van der Waals surface area contributed by atoms with Crippen LogP contribution in [0.25, 0.3) is 6.08 Å². The quantitative estimate of drug-likeness (QED) is 0.207. The van der Waals surface area contributed by atoms with Crippen LogP contribution in [0.15, 0.2) is 36.4 Å². The normalized spacial score (nSPS) is 16.4. The van der Waals surface area contributed by atoms with Crippen LogP contribution in [0.2, 0.25) is 15.1 Å². The van der Waals surface area contributed by atoms with Crippen LogP contribution in [0.4, 0.5) is 26.3 Å². The average molecular weight is 560 g/mol. The van der Waals surface area contributed by atoms with Crippen molar-refractivity contribution in [2.24, 2.45) is 0 Å². The van der Waals surface area contributed by atoms with Crippen LogP contribution in [0.3, 0.4) is 0 Å². The molecule has 0 heterocycles. The van der Waals surface area contributed by atoms with E-state index in [-0.39, 0.29) is 26.2 Å². The predicted molar refractivity (Wildman–Crippen MR) is 124 cm³/mol. The number of carbonyl (C=O) groups excluding carboxylic acids is 1. The summed E-state index contributed by atoms with van der Waals surface area (Å²) in [6.45, 7) is 0.343. The van der Waals surface area contributed by atoms with Crippen molar-refractivity contribution >= 4 is 46.8 Å². The first-order chi connectivity index (χ1) is 16.1. The summed E-state index contributed by atoms with van der Waals surface area (Å²) in [5.41, 5.74) is -0.278. The highest BCUT2D eigenvalue weighted by molar-refractivity contribution is 6.48. The maximum Gasteiger partial charge on any atom is 0.401 e.